The lowest BCUT2D eigenvalue weighted by molar-refractivity contribution is -0.117. The van der Waals surface area contributed by atoms with Crippen LogP contribution in [0.2, 0.25) is 5.02 Å². The minimum atomic E-state index is -0.520. The SMILES string of the molecule is Cc1noc(C)c1-c1ccc2c(c1)nc([C@@H]1CCC(=O)N1c1ccc(F)c(Cl)c1)n2[C@H]1CC[C@H](O)CC1. The molecule has 6 rings (SSSR count). The van der Waals surface area contributed by atoms with Crippen LogP contribution in [0.5, 0.6) is 0 Å². The van der Waals surface area contributed by atoms with Crippen molar-refractivity contribution in [3.8, 4) is 11.1 Å². The van der Waals surface area contributed by atoms with E-state index in [1.807, 2.05) is 13.8 Å². The molecule has 2 fully saturated rings. The van der Waals surface area contributed by atoms with Crippen molar-refractivity contribution in [3.63, 3.8) is 0 Å². The van der Waals surface area contributed by atoms with Crippen LogP contribution in [-0.4, -0.2) is 31.8 Å². The second-order valence-corrected chi connectivity index (χ2v) is 10.5. The number of carbonyl (C=O) groups excluding carboxylic acids is 1. The number of rotatable bonds is 4. The van der Waals surface area contributed by atoms with Gasteiger partial charge in [-0.2, -0.15) is 0 Å². The van der Waals surface area contributed by atoms with E-state index in [0.717, 1.165) is 65.1 Å². The Morgan fingerprint density at radius 3 is 2.57 bits per heavy atom. The van der Waals surface area contributed by atoms with Crippen LogP contribution < -0.4 is 4.90 Å². The van der Waals surface area contributed by atoms with Crippen LogP contribution in [0.15, 0.2) is 40.9 Å². The zero-order valence-electron chi connectivity index (χ0n) is 20.7. The van der Waals surface area contributed by atoms with Gasteiger partial charge in [0, 0.05) is 23.7 Å². The Morgan fingerprint density at radius 2 is 1.86 bits per heavy atom. The number of aliphatic hydroxyl groups is 1. The molecule has 1 amide bonds. The van der Waals surface area contributed by atoms with E-state index in [4.69, 9.17) is 21.1 Å². The van der Waals surface area contributed by atoms with Crippen LogP contribution in [0.1, 0.15) is 67.9 Å². The van der Waals surface area contributed by atoms with E-state index in [0.29, 0.717) is 18.5 Å². The Kier molecular flexibility index (Phi) is 6.04. The third kappa shape index (κ3) is 4.12. The summed E-state index contributed by atoms with van der Waals surface area (Å²) in [6.07, 6.45) is 3.79. The van der Waals surface area contributed by atoms with Gasteiger partial charge in [-0.1, -0.05) is 22.8 Å². The fraction of sp³-hybridized carbons (Fsp3) is 0.393. The lowest BCUT2D eigenvalue weighted by atomic mass is 9.92. The van der Waals surface area contributed by atoms with Crippen molar-refractivity contribution < 1.29 is 18.8 Å². The molecule has 0 spiro atoms. The number of halogens is 2. The summed E-state index contributed by atoms with van der Waals surface area (Å²) in [5, 5.41) is 14.2. The number of aromatic nitrogens is 3. The number of aryl methyl sites for hydroxylation is 2. The summed E-state index contributed by atoms with van der Waals surface area (Å²) in [5.74, 6) is 0.993. The summed E-state index contributed by atoms with van der Waals surface area (Å²) in [6, 6.07) is 10.4. The molecule has 1 N–H and O–H groups in total. The van der Waals surface area contributed by atoms with Gasteiger partial charge in [0.25, 0.3) is 0 Å². The molecule has 2 aliphatic rings. The molecule has 2 aromatic carbocycles. The van der Waals surface area contributed by atoms with Gasteiger partial charge in [0.1, 0.15) is 17.4 Å². The fourth-order valence-corrected chi connectivity index (χ4v) is 6.16. The Morgan fingerprint density at radius 1 is 1.08 bits per heavy atom. The molecule has 1 saturated carbocycles. The number of imidazole rings is 1. The quantitative estimate of drug-likeness (QED) is 0.333. The molecule has 0 unspecified atom stereocenters. The van der Waals surface area contributed by atoms with Crippen LogP contribution in [0, 0.1) is 19.7 Å². The molecule has 7 nitrogen and oxygen atoms in total. The standard InChI is InChI=1S/C28H28ClFN4O3/c1-15-27(16(2)37-32-15)17-3-10-24-23(13-17)31-28(34(24)18-4-7-20(35)8-5-18)25-11-12-26(36)33(25)19-6-9-22(30)21(29)14-19/h3,6,9-10,13-14,18,20,25,35H,4-5,7-8,11-12H2,1-2H3/t18-,20-,25-/m0/s1. The van der Waals surface area contributed by atoms with Crippen molar-refractivity contribution in [2.24, 2.45) is 0 Å². The van der Waals surface area contributed by atoms with Crippen molar-refractivity contribution in [3.05, 3.63) is 64.5 Å². The first-order valence-corrected chi connectivity index (χ1v) is 13.1. The largest absolute Gasteiger partial charge is 0.393 e. The molecule has 0 bridgehead atoms. The van der Waals surface area contributed by atoms with Gasteiger partial charge >= 0.3 is 0 Å². The number of aliphatic hydroxyl groups excluding tert-OH is 1. The summed E-state index contributed by atoms with van der Waals surface area (Å²) < 4.78 is 21.6. The lowest BCUT2D eigenvalue weighted by Crippen LogP contribution is -2.31. The van der Waals surface area contributed by atoms with E-state index in [-0.39, 0.29) is 29.1 Å². The first kappa shape index (κ1) is 24.1. The number of amides is 1. The fourth-order valence-electron chi connectivity index (χ4n) is 5.99. The van der Waals surface area contributed by atoms with E-state index in [2.05, 4.69) is 27.9 Å². The Hall–Kier alpha value is -3.23. The van der Waals surface area contributed by atoms with Gasteiger partial charge in [-0.05, 0) is 81.8 Å². The molecular formula is C28H28ClFN4O3. The second kappa shape index (κ2) is 9.26. The van der Waals surface area contributed by atoms with Gasteiger partial charge in [0.05, 0.1) is 33.9 Å². The molecule has 1 atom stereocenters. The number of hydrogen-bond acceptors (Lipinski definition) is 5. The maximum atomic E-state index is 13.9. The van der Waals surface area contributed by atoms with E-state index in [9.17, 15) is 14.3 Å². The Labute approximate surface area is 218 Å². The summed E-state index contributed by atoms with van der Waals surface area (Å²) in [6.45, 7) is 3.82. The third-order valence-electron chi connectivity index (χ3n) is 7.76. The van der Waals surface area contributed by atoms with Crippen LogP contribution in [-0.2, 0) is 4.79 Å². The van der Waals surface area contributed by atoms with Crippen LogP contribution in [0.25, 0.3) is 22.2 Å². The number of anilines is 1. The number of benzene rings is 2. The van der Waals surface area contributed by atoms with Gasteiger partial charge in [0.15, 0.2) is 0 Å². The summed E-state index contributed by atoms with van der Waals surface area (Å²) in [5.41, 5.74) is 5.13. The van der Waals surface area contributed by atoms with Gasteiger partial charge in [-0.15, -0.1) is 0 Å². The molecule has 2 aromatic heterocycles. The highest BCUT2D eigenvalue weighted by Crippen LogP contribution is 2.42. The first-order chi connectivity index (χ1) is 17.8. The maximum absolute atomic E-state index is 13.9. The highest BCUT2D eigenvalue weighted by atomic mass is 35.5. The minimum absolute atomic E-state index is 0.0187. The number of carbonyl (C=O) groups is 1. The summed E-state index contributed by atoms with van der Waals surface area (Å²) in [4.78, 5) is 19.9. The average Bonchev–Trinajstić information content (AvgIpc) is 3.55. The summed E-state index contributed by atoms with van der Waals surface area (Å²) in [7, 11) is 0. The van der Waals surface area contributed by atoms with E-state index < -0.39 is 5.82 Å². The first-order valence-electron chi connectivity index (χ1n) is 12.7. The molecular weight excluding hydrogens is 495 g/mol. The maximum Gasteiger partial charge on any atom is 0.227 e. The van der Waals surface area contributed by atoms with Gasteiger partial charge in [-0.3, -0.25) is 4.79 Å². The van der Waals surface area contributed by atoms with Crippen molar-refractivity contribution >= 4 is 34.2 Å². The minimum Gasteiger partial charge on any atom is -0.393 e. The molecule has 9 heteroatoms. The van der Waals surface area contributed by atoms with Crippen molar-refractivity contribution in [1.29, 1.82) is 0 Å². The van der Waals surface area contributed by atoms with Crippen LogP contribution in [0.3, 0.4) is 0 Å². The third-order valence-corrected chi connectivity index (χ3v) is 8.05. The molecule has 192 valence electrons. The zero-order chi connectivity index (χ0) is 25.8. The molecule has 1 saturated heterocycles. The van der Waals surface area contributed by atoms with Crippen molar-refractivity contribution in [2.75, 3.05) is 4.90 Å². The Balaban J connectivity index is 1.50. The van der Waals surface area contributed by atoms with Crippen molar-refractivity contribution in [2.45, 2.75) is 70.6 Å². The van der Waals surface area contributed by atoms with E-state index in [1.54, 1.807) is 11.0 Å². The normalized spacial score (nSPS) is 22.4. The van der Waals surface area contributed by atoms with E-state index in [1.165, 1.54) is 12.1 Å². The second-order valence-electron chi connectivity index (χ2n) is 10.1. The highest BCUT2D eigenvalue weighted by Gasteiger charge is 2.38. The molecule has 37 heavy (non-hydrogen) atoms. The van der Waals surface area contributed by atoms with Gasteiger partial charge in [0.2, 0.25) is 5.91 Å². The predicted molar refractivity (Wildman–Crippen MR) is 139 cm³/mol. The van der Waals surface area contributed by atoms with Gasteiger partial charge in [-0.25, -0.2) is 9.37 Å². The summed E-state index contributed by atoms with van der Waals surface area (Å²) >= 11 is 6.09. The highest BCUT2D eigenvalue weighted by molar-refractivity contribution is 6.31. The smallest absolute Gasteiger partial charge is 0.227 e. The van der Waals surface area contributed by atoms with Crippen LogP contribution in [0.4, 0.5) is 10.1 Å². The average molecular weight is 523 g/mol. The Bertz CT molecular complexity index is 1490. The lowest BCUT2D eigenvalue weighted by Gasteiger charge is -2.31. The zero-order valence-corrected chi connectivity index (χ0v) is 21.5. The number of nitrogens with zero attached hydrogens (tertiary/aromatic N) is 4. The molecule has 0 radical (unpaired) electrons. The van der Waals surface area contributed by atoms with E-state index >= 15 is 0 Å². The van der Waals surface area contributed by atoms with Crippen molar-refractivity contribution in [1.82, 2.24) is 14.7 Å². The molecule has 4 aromatic rings. The van der Waals surface area contributed by atoms with Crippen LogP contribution >= 0.6 is 11.6 Å². The molecule has 3 heterocycles. The monoisotopic (exact) mass is 522 g/mol. The van der Waals surface area contributed by atoms with Gasteiger partial charge < -0.3 is 19.1 Å². The predicted octanol–water partition coefficient (Wildman–Crippen LogP) is 6.44. The molecule has 1 aliphatic carbocycles. The molecule has 1 aliphatic heterocycles. The number of fused-ring (bicyclic) bond motifs is 1. The number of hydrogen-bond donors (Lipinski definition) is 1. The topological polar surface area (TPSA) is 84.4 Å².